The van der Waals surface area contributed by atoms with Gasteiger partial charge in [0.2, 0.25) is 5.91 Å². The number of carbonyl (C=O) groups excluding carboxylic acids is 2. The maximum Gasteiger partial charge on any atom is 0.276 e. The summed E-state index contributed by atoms with van der Waals surface area (Å²) in [6, 6.07) is 9.07. The number of aryl methyl sites for hydroxylation is 1. The summed E-state index contributed by atoms with van der Waals surface area (Å²) in [5.74, 6) is 1.02. The van der Waals surface area contributed by atoms with Crippen LogP contribution in [0.3, 0.4) is 0 Å². The molecule has 1 aromatic heterocycles. The Morgan fingerprint density at radius 1 is 1.26 bits per heavy atom. The Morgan fingerprint density at radius 2 is 2.00 bits per heavy atom. The molecule has 0 saturated carbocycles. The number of likely N-dealkylation sites (tertiary alicyclic amines) is 1. The zero-order valence-corrected chi connectivity index (χ0v) is 15.7. The van der Waals surface area contributed by atoms with Crippen LogP contribution in [0.15, 0.2) is 34.9 Å². The van der Waals surface area contributed by atoms with Gasteiger partial charge in [0.25, 0.3) is 5.91 Å². The lowest BCUT2D eigenvalue weighted by Gasteiger charge is -2.41. The van der Waals surface area contributed by atoms with Gasteiger partial charge in [-0.15, -0.1) is 0 Å². The summed E-state index contributed by atoms with van der Waals surface area (Å²) in [4.78, 5) is 26.9. The maximum atomic E-state index is 12.7. The molecule has 0 aliphatic carbocycles. The van der Waals surface area contributed by atoms with E-state index in [-0.39, 0.29) is 11.8 Å². The second-order valence-electron chi connectivity index (χ2n) is 6.63. The molecule has 0 unspecified atom stereocenters. The molecular formula is C19H24N4O4. The van der Waals surface area contributed by atoms with Gasteiger partial charge >= 0.3 is 0 Å². The molecule has 2 amide bonds. The SMILES string of the molecule is CNC(=O)C1(Nc2cccc(OC)c2)CCN(C(=O)c2cc(C)on2)CC1. The summed E-state index contributed by atoms with van der Waals surface area (Å²) in [6.45, 7) is 2.62. The number of nitrogens with one attached hydrogen (secondary N) is 2. The lowest BCUT2D eigenvalue weighted by Crippen LogP contribution is -2.58. The van der Waals surface area contributed by atoms with Gasteiger partial charge in [-0.1, -0.05) is 11.2 Å². The molecule has 0 atom stereocenters. The molecular weight excluding hydrogens is 348 g/mol. The van der Waals surface area contributed by atoms with Gasteiger partial charge in [0.05, 0.1) is 7.11 Å². The van der Waals surface area contributed by atoms with Gasteiger partial charge in [0, 0.05) is 38.0 Å². The lowest BCUT2D eigenvalue weighted by atomic mass is 9.85. The van der Waals surface area contributed by atoms with Crippen LogP contribution in [-0.4, -0.2) is 54.7 Å². The Kier molecular flexibility index (Phi) is 5.34. The standard InChI is InChI=1S/C19H24N4O4/c1-13-11-16(22-27-13)17(24)23-9-7-19(8-10-23,18(25)20-2)21-14-5-4-6-15(12-14)26-3/h4-6,11-12,21H,7-10H2,1-3H3,(H,20,25). The van der Waals surface area contributed by atoms with E-state index in [2.05, 4.69) is 15.8 Å². The number of likely N-dealkylation sites (N-methyl/N-ethyl adjacent to an activating group) is 1. The summed E-state index contributed by atoms with van der Waals surface area (Å²) < 4.78 is 10.2. The van der Waals surface area contributed by atoms with Gasteiger partial charge in [-0.05, 0) is 31.9 Å². The molecule has 0 spiro atoms. The summed E-state index contributed by atoms with van der Waals surface area (Å²) in [5, 5.41) is 9.89. The molecule has 2 N–H and O–H groups in total. The van der Waals surface area contributed by atoms with Crippen molar-refractivity contribution < 1.29 is 18.8 Å². The summed E-state index contributed by atoms with van der Waals surface area (Å²) in [5.41, 5.74) is 0.294. The number of amides is 2. The predicted octanol–water partition coefficient (Wildman–Crippen LogP) is 1.82. The fourth-order valence-electron chi connectivity index (χ4n) is 3.35. The lowest BCUT2D eigenvalue weighted by molar-refractivity contribution is -0.126. The van der Waals surface area contributed by atoms with Crippen LogP contribution in [0.25, 0.3) is 0 Å². The first-order valence-corrected chi connectivity index (χ1v) is 8.84. The van der Waals surface area contributed by atoms with E-state index in [4.69, 9.17) is 9.26 Å². The Hall–Kier alpha value is -3.03. The van der Waals surface area contributed by atoms with Crippen LogP contribution in [0.1, 0.15) is 29.1 Å². The zero-order valence-electron chi connectivity index (χ0n) is 15.7. The predicted molar refractivity (Wildman–Crippen MR) is 99.8 cm³/mol. The van der Waals surface area contributed by atoms with Crippen molar-refractivity contribution in [2.24, 2.45) is 0 Å². The highest BCUT2D eigenvalue weighted by Crippen LogP contribution is 2.29. The van der Waals surface area contributed by atoms with Gasteiger partial charge in [0.15, 0.2) is 5.69 Å². The summed E-state index contributed by atoms with van der Waals surface area (Å²) in [7, 11) is 3.22. The van der Waals surface area contributed by atoms with E-state index in [1.54, 1.807) is 32.0 Å². The highest BCUT2D eigenvalue weighted by molar-refractivity contribution is 5.93. The van der Waals surface area contributed by atoms with E-state index in [1.807, 2.05) is 24.3 Å². The normalized spacial score (nSPS) is 15.9. The second-order valence-corrected chi connectivity index (χ2v) is 6.63. The minimum atomic E-state index is -0.794. The molecule has 2 aromatic rings. The van der Waals surface area contributed by atoms with E-state index < -0.39 is 5.54 Å². The van der Waals surface area contributed by atoms with Crippen molar-refractivity contribution in [1.29, 1.82) is 0 Å². The molecule has 8 nitrogen and oxygen atoms in total. The number of piperidine rings is 1. The number of aromatic nitrogens is 1. The Balaban J connectivity index is 1.75. The molecule has 1 saturated heterocycles. The molecule has 1 aliphatic rings. The van der Waals surface area contributed by atoms with Crippen molar-refractivity contribution in [3.05, 3.63) is 41.8 Å². The molecule has 0 bridgehead atoms. The second kappa shape index (κ2) is 7.69. The third-order valence-electron chi connectivity index (χ3n) is 4.87. The van der Waals surface area contributed by atoms with Crippen LogP contribution in [0.4, 0.5) is 5.69 Å². The number of hydrogen-bond acceptors (Lipinski definition) is 6. The van der Waals surface area contributed by atoms with Gasteiger partial charge in [-0.3, -0.25) is 9.59 Å². The van der Waals surface area contributed by atoms with Gasteiger partial charge in [0.1, 0.15) is 17.0 Å². The molecule has 144 valence electrons. The van der Waals surface area contributed by atoms with Crippen molar-refractivity contribution in [2.75, 3.05) is 32.6 Å². The van der Waals surface area contributed by atoms with Crippen molar-refractivity contribution in [3.63, 3.8) is 0 Å². The van der Waals surface area contributed by atoms with E-state index in [1.165, 1.54) is 0 Å². The molecule has 0 radical (unpaired) electrons. The Morgan fingerprint density at radius 3 is 2.59 bits per heavy atom. The monoisotopic (exact) mass is 372 g/mol. The quantitative estimate of drug-likeness (QED) is 0.831. The van der Waals surface area contributed by atoms with E-state index in [0.29, 0.717) is 43.1 Å². The van der Waals surface area contributed by atoms with Crippen LogP contribution in [0.2, 0.25) is 0 Å². The third-order valence-corrected chi connectivity index (χ3v) is 4.87. The first kappa shape index (κ1) is 18.8. The van der Waals surface area contributed by atoms with E-state index >= 15 is 0 Å². The van der Waals surface area contributed by atoms with Crippen LogP contribution in [-0.2, 0) is 4.79 Å². The number of nitrogens with zero attached hydrogens (tertiary/aromatic N) is 2. The molecule has 1 aliphatic heterocycles. The minimum absolute atomic E-state index is 0.102. The fourth-order valence-corrected chi connectivity index (χ4v) is 3.35. The maximum absolute atomic E-state index is 12.7. The largest absolute Gasteiger partial charge is 0.497 e. The molecule has 3 rings (SSSR count). The number of benzene rings is 1. The molecule has 1 aromatic carbocycles. The fraction of sp³-hybridized carbons (Fsp3) is 0.421. The van der Waals surface area contributed by atoms with Crippen LogP contribution in [0, 0.1) is 6.92 Å². The molecule has 8 heteroatoms. The van der Waals surface area contributed by atoms with Crippen molar-refractivity contribution in [1.82, 2.24) is 15.4 Å². The van der Waals surface area contributed by atoms with Gasteiger partial charge in [-0.25, -0.2) is 0 Å². The van der Waals surface area contributed by atoms with Crippen molar-refractivity contribution >= 4 is 17.5 Å². The number of anilines is 1. The first-order chi connectivity index (χ1) is 13.0. The summed E-state index contributed by atoms with van der Waals surface area (Å²) >= 11 is 0. The highest BCUT2D eigenvalue weighted by atomic mass is 16.5. The van der Waals surface area contributed by atoms with Gasteiger partial charge in [-0.2, -0.15) is 0 Å². The van der Waals surface area contributed by atoms with Crippen LogP contribution >= 0.6 is 0 Å². The number of hydrogen-bond donors (Lipinski definition) is 2. The molecule has 27 heavy (non-hydrogen) atoms. The number of ether oxygens (including phenoxy) is 1. The smallest absolute Gasteiger partial charge is 0.276 e. The van der Waals surface area contributed by atoms with Gasteiger partial charge < -0.3 is 24.8 Å². The summed E-state index contributed by atoms with van der Waals surface area (Å²) in [6.07, 6.45) is 0.957. The minimum Gasteiger partial charge on any atom is -0.497 e. The topological polar surface area (TPSA) is 96.7 Å². The van der Waals surface area contributed by atoms with Crippen LogP contribution < -0.4 is 15.4 Å². The third kappa shape index (κ3) is 3.89. The molecule has 1 fully saturated rings. The Bertz CT molecular complexity index is 825. The number of carbonyl (C=O) groups is 2. The first-order valence-electron chi connectivity index (χ1n) is 8.84. The van der Waals surface area contributed by atoms with Crippen molar-refractivity contribution in [2.45, 2.75) is 25.3 Å². The van der Waals surface area contributed by atoms with Crippen molar-refractivity contribution in [3.8, 4) is 5.75 Å². The van der Waals surface area contributed by atoms with E-state index in [9.17, 15) is 9.59 Å². The Labute approximate surface area is 157 Å². The van der Waals surface area contributed by atoms with E-state index in [0.717, 1.165) is 5.69 Å². The average molecular weight is 372 g/mol. The molecule has 2 heterocycles. The highest BCUT2D eigenvalue weighted by Gasteiger charge is 2.42. The van der Waals surface area contributed by atoms with Crippen LogP contribution in [0.5, 0.6) is 5.75 Å². The number of rotatable bonds is 5. The zero-order chi connectivity index (χ0) is 19.4. The number of methoxy groups -OCH3 is 1. The average Bonchev–Trinajstić information content (AvgIpc) is 3.13.